The van der Waals surface area contributed by atoms with Gasteiger partial charge in [-0.25, -0.2) is 0 Å². The van der Waals surface area contributed by atoms with E-state index in [0.29, 0.717) is 0 Å². The third-order valence-corrected chi connectivity index (χ3v) is 2.88. The van der Waals surface area contributed by atoms with Gasteiger partial charge >= 0.3 is 0 Å². The Balaban J connectivity index is 2.10. The molecule has 1 aromatic carbocycles. The summed E-state index contributed by atoms with van der Waals surface area (Å²) in [6.07, 6.45) is 0. The van der Waals surface area contributed by atoms with Gasteiger partial charge in [-0.2, -0.15) is 0 Å². The van der Waals surface area contributed by atoms with E-state index in [4.69, 9.17) is 0 Å². The topological polar surface area (TPSA) is 3.24 Å². The average molecular weight is 207 g/mol. The zero-order valence-corrected chi connectivity index (χ0v) is 9.72. The predicted molar refractivity (Wildman–Crippen MR) is 62.6 cm³/mol. The maximum atomic E-state index is 4.36. The average Bonchev–Trinajstić information content (AvgIpc) is 2.44. The van der Waals surface area contributed by atoms with Crippen molar-refractivity contribution in [2.45, 2.75) is 31.8 Å². The number of benzene rings is 1. The third-order valence-electron chi connectivity index (χ3n) is 2.60. The van der Waals surface area contributed by atoms with Crippen LogP contribution in [0.2, 0.25) is 0 Å². The molecule has 1 aliphatic rings. The van der Waals surface area contributed by atoms with Crippen LogP contribution >= 0.6 is 12.6 Å². The van der Waals surface area contributed by atoms with Gasteiger partial charge in [0.1, 0.15) is 0 Å². The smallest absolute Gasteiger partial charge is 0.0241 e. The summed E-state index contributed by atoms with van der Waals surface area (Å²) in [7, 11) is 0. The highest BCUT2D eigenvalue weighted by molar-refractivity contribution is 7.80. The van der Waals surface area contributed by atoms with Crippen LogP contribution in [0.15, 0.2) is 23.1 Å². The highest BCUT2D eigenvalue weighted by Crippen LogP contribution is 2.25. The first-order valence-electron chi connectivity index (χ1n) is 5.18. The number of rotatable bonds is 2. The number of hydrogen-bond acceptors (Lipinski definition) is 2. The van der Waals surface area contributed by atoms with Crippen molar-refractivity contribution in [1.82, 2.24) is 4.90 Å². The van der Waals surface area contributed by atoms with Gasteiger partial charge in [-0.15, -0.1) is 12.6 Å². The first-order chi connectivity index (χ1) is 6.65. The fourth-order valence-electron chi connectivity index (χ4n) is 2.10. The van der Waals surface area contributed by atoms with Gasteiger partial charge in [-0.3, -0.25) is 4.90 Å². The van der Waals surface area contributed by atoms with Crippen LogP contribution < -0.4 is 0 Å². The zero-order valence-electron chi connectivity index (χ0n) is 8.83. The van der Waals surface area contributed by atoms with Crippen LogP contribution in [-0.4, -0.2) is 11.4 Å². The molecule has 0 saturated carbocycles. The van der Waals surface area contributed by atoms with Crippen molar-refractivity contribution in [3.63, 3.8) is 0 Å². The van der Waals surface area contributed by atoms with Crippen LogP contribution in [0.4, 0.5) is 0 Å². The number of nitrogens with zero attached hydrogens (tertiary/aromatic N) is 1. The normalized spacial score (nSPS) is 16.3. The first kappa shape index (κ1) is 10.1. The summed E-state index contributed by atoms with van der Waals surface area (Å²) in [4.78, 5) is 3.58. The predicted octanol–water partition coefficient (Wildman–Crippen LogP) is 2.95. The van der Waals surface area contributed by atoms with Gasteiger partial charge in [-0.05, 0) is 29.2 Å². The molecular weight excluding hydrogens is 190 g/mol. The molecule has 0 aliphatic carbocycles. The lowest BCUT2D eigenvalue weighted by Gasteiger charge is -2.16. The van der Waals surface area contributed by atoms with Gasteiger partial charge in [0.2, 0.25) is 0 Å². The van der Waals surface area contributed by atoms with Gasteiger partial charge in [0, 0.05) is 24.5 Å². The summed E-state index contributed by atoms with van der Waals surface area (Å²) in [6.45, 7) is 7.94. The maximum Gasteiger partial charge on any atom is 0.0241 e. The molecule has 0 aromatic heterocycles. The van der Waals surface area contributed by atoms with E-state index in [1.807, 2.05) is 0 Å². The third kappa shape index (κ3) is 2.12. The Hall–Kier alpha value is -0.470. The zero-order chi connectivity index (χ0) is 10.1. The minimum absolute atomic E-state index is 0.750. The Bertz CT molecular complexity index is 333. The molecule has 0 N–H and O–H groups in total. The van der Waals surface area contributed by atoms with Crippen molar-refractivity contribution in [2.24, 2.45) is 5.92 Å². The lowest BCUT2D eigenvalue weighted by molar-refractivity contribution is 0.251. The summed E-state index contributed by atoms with van der Waals surface area (Å²) in [5, 5.41) is 0. The van der Waals surface area contributed by atoms with Crippen LogP contribution in [-0.2, 0) is 13.1 Å². The van der Waals surface area contributed by atoms with Crippen molar-refractivity contribution >= 4 is 12.6 Å². The monoisotopic (exact) mass is 207 g/mol. The van der Waals surface area contributed by atoms with Crippen molar-refractivity contribution in [2.75, 3.05) is 6.54 Å². The fourth-order valence-corrected chi connectivity index (χ4v) is 2.33. The molecule has 1 heterocycles. The van der Waals surface area contributed by atoms with E-state index in [9.17, 15) is 0 Å². The molecule has 0 bridgehead atoms. The molecule has 2 heteroatoms. The van der Waals surface area contributed by atoms with Gasteiger partial charge in [0.15, 0.2) is 0 Å². The maximum absolute atomic E-state index is 4.36. The first-order valence-corrected chi connectivity index (χ1v) is 5.63. The van der Waals surface area contributed by atoms with Crippen molar-refractivity contribution < 1.29 is 0 Å². The second-order valence-corrected chi connectivity index (χ2v) is 5.03. The second kappa shape index (κ2) is 3.95. The quantitative estimate of drug-likeness (QED) is 0.730. The molecule has 0 unspecified atom stereocenters. The molecule has 1 aromatic rings. The van der Waals surface area contributed by atoms with Crippen LogP contribution in [0, 0.1) is 5.92 Å². The molecular formula is C12H17NS. The summed E-state index contributed by atoms with van der Waals surface area (Å²) in [6, 6.07) is 6.48. The molecule has 0 saturated heterocycles. The van der Waals surface area contributed by atoms with Crippen LogP contribution in [0.25, 0.3) is 0 Å². The number of thiol groups is 1. The van der Waals surface area contributed by atoms with E-state index >= 15 is 0 Å². The summed E-state index contributed by atoms with van der Waals surface area (Å²) < 4.78 is 0. The summed E-state index contributed by atoms with van der Waals surface area (Å²) >= 11 is 4.36. The molecule has 0 atom stereocenters. The van der Waals surface area contributed by atoms with E-state index < -0.39 is 0 Å². The standard InChI is InChI=1S/C12H17NS/c1-9(2)6-13-7-10-3-4-12(14)5-11(10)8-13/h3-5,9,14H,6-8H2,1-2H3. The molecule has 76 valence electrons. The Morgan fingerprint density at radius 3 is 2.71 bits per heavy atom. The van der Waals surface area contributed by atoms with Crippen molar-refractivity contribution in [3.05, 3.63) is 29.3 Å². The van der Waals surface area contributed by atoms with Crippen molar-refractivity contribution in [3.8, 4) is 0 Å². The van der Waals surface area contributed by atoms with E-state index in [1.165, 1.54) is 17.7 Å². The van der Waals surface area contributed by atoms with Crippen LogP contribution in [0.1, 0.15) is 25.0 Å². The molecule has 0 radical (unpaired) electrons. The van der Waals surface area contributed by atoms with Crippen molar-refractivity contribution in [1.29, 1.82) is 0 Å². The van der Waals surface area contributed by atoms with Gasteiger partial charge in [0.05, 0.1) is 0 Å². The molecule has 0 spiro atoms. The molecule has 1 nitrogen and oxygen atoms in total. The highest BCUT2D eigenvalue weighted by Gasteiger charge is 2.18. The molecule has 14 heavy (non-hydrogen) atoms. The van der Waals surface area contributed by atoms with E-state index in [1.54, 1.807) is 0 Å². The highest BCUT2D eigenvalue weighted by atomic mass is 32.1. The van der Waals surface area contributed by atoms with E-state index in [-0.39, 0.29) is 0 Å². The minimum atomic E-state index is 0.750. The Morgan fingerprint density at radius 2 is 2.00 bits per heavy atom. The minimum Gasteiger partial charge on any atom is -0.295 e. The largest absolute Gasteiger partial charge is 0.295 e. The van der Waals surface area contributed by atoms with E-state index in [2.05, 4.69) is 49.6 Å². The van der Waals surface area contributed by atoms with Crippen LogP contribution in [0.5, 0.6) is 0 Å². The Morgan fingerprint density at radius 1 is 1.29 bits per heavy atom. The van der Waals surface area contributed by atoms with Gasteiger partial charge in [0.25, 0.3) is 0 Å². The fraction of sp³-hybridized carbons (Fsp3) is 0.500. The van der Waals surface area contributed by atoms with Gasteiger partial charge in [-0.1, -0.05) is 19.9 Å². The molecule has 1 aliphatic heterocycles. The Kier molecular flexibility index (Phi) is 2.84. The lowest BCUT2D eigenvalue weighted by Crippen LogP contribution is -2.21. The molecule has 0 amide bonds. The molecule has 2 rings (SSSR count). The number of hydrogen-bond donors (Lipinski definition) is 1. The number of fused-ring (bicyclic) bond motifs is 1. The summed E-state index contributed by atoms with van der Waals surface area (Å²) in [5.41, 5.74) is 2.93. The second-order valence-electron chi connectivity index (χ2n) is 4.52. The lowest BCUT2D eigenvalue weighted by atomic mass is 10.1. The summed E-state index contributed by atoms with van der Waals surface area (Å²) in [5.74, 6) is 0.750. The van der Waals surface area contributed by atoms with E-state index in [0.717, 1.165) is 23.9 Å². The molecule has 0 fully saturated rings. The van der Waals surface area contributed by atoms with Gasteiger partial charge < -0.3 is 0 Å². The SMILES string of the molecule is CC(C)CN1Cc2ccc(S)cc2C1. The Labute approximate surface area is 91.5 Å². The van der Waals surface area contributed by atoms with Crippen LogP contribution in [0.3, 0.4) is 0 Å².